The molecule has 0 N–H and O–H groups in total. The first-order valence-corrected chi connectivity index (χ1v) is 11.4. The van der Waals surface area contributed by atoms with Gasteiger partial charge in [0.15, 0.2) is 0 Å². The lowest BCUT2D eigenvalue weighted by Crippen LogP contribution is -2.36. The Labute approximate surface area is 192 Å². The van der Waals surface area contributed by atoms with E-state index in [-0.39, 0.29) is 5.43 Å². The summed E-state index contributed by atoms with van der Waals surface area (Å²) < 4.78 is 28.9. The molecule has 3 heterocycles. The van der Waals surface area contributed by atoms with Gasteiger partial charge in [0.2, 0.25) is 5.43 Å². The van der Waals surface area contributed by atoms with Gasteiger partial charge in [0.05, 0.1) is 62.5 Å². The SMILES string of the molecule is COc1ccc2c(=O)c3ccc(OC)c(CN4CCOCC4)c3oc2c1CN1CCOCC1. The number of rotatable bonds is 6. The normalized spacial score (nSPS) is 18.1. The predicted molar refractivity (Wildman–Crippen MR) is 125 cm³/mol. The number of hydrogen-bond donors (Lipinski definition) is 0. The molecule has 0 bridgehead atoms. The van der Waals surface area contributed by atoms with Gasteiger partial charge in [-0.05, 0) is 24.3 Å². The van der Waals surface area contributed by atoms with Gasteiger partial charge in [-0.25, -0.2) is 0 Å². The monoisotopic (exact) mass is 454 g/mol. The van der Waals surface area contributed by atoms with Gasteiger partial charge >= 0.3 is 0 Å². The number of morpholine rings is 2. The zero-order valence-corrected chi connectivity index (χ0v) is 19.2. The van der Waals surface area contributed by atoms with Crippen LogP contribution < -0.4 is 14.9 Å². The lowest BCUT2D eigenvalue weighted by atomic mass is 10.0. The summed E-state index contributed by atoms with van der Waals surface area (Å²) >= 11 is 0. The van der Waals surface area contributed by atoms with Gasteiger partial charge in [0, 0.05) is 39.3 Å². The number of ether oxygens (including phenoxy) is 4. The topological polar surface area (TPSA) is 73.6 Å². The third-order valence-electron chi connectivity index (χ3n) is 6.54. The molecule has 2 aromatic carbocycles. The van der Waals surface area contributed by atoms with E-state index in [4.69, 9.17) is 23.4 Å². The van der Waals surface area contributed by atoms with E-state index in [1.54, 1.807) is 26.4 Å². The molecule has 0 unspecified atom stereocenters. The first kappa shape index (κ1) is 22.2. The largest absolute Gasteiger partial charge is 0.496 e. The predicted octanol–water partition coefficient (Wildman–Crippen LogP) is 2.63. The third-order valence-corrected chi connectivity index (χ3v) is 6.54. The highest BCUT2D eigenvalue weighted by Crippen LogP contribution is 2.34. The Morgan fingerprint density at radius 3 is 1.55 bits per heavy atom. The van der Waals surface area contributed by atoms with E-state index in [9.17, 15) is 4.79 Å². The van der Waals surface area contributed by atoms with E-state index in [0.717, 1.165) is 37.3 Å². The van der Waals surface area contributed by atoms with E-state index < -0.39 is 0 Å². The van der Waals surface area contributed by atoms with Crippen molar-refractivity contribution in [2.45, 2.75) is 13.1 Å². The quantitative estimate of drug-likeness (QED) is 0.527. The summed E-state index contributed by atoms with van der Waals surface area (Å²) in [5.74, 6) is 1.43. The van der Waals surface area contributed by atoms with Gasteiger partial charge in [-0.1, -0.05) is 0 Å². The summed E-state index contributed by atoms with van der Waals surface area (Å²) in [5.41, 5.74) is 2.89. The van der Waals surface area contributed by atoms with Gasteiger partial charge in [-0.2, -0.15) is 0 Å². The zero-order chi connectivity index (χ0) is 22.8. The molecular formula is C25H30N2O6. The van der Waals surface area contributed by atoms with Crippen LogP contribution in [0.15, 0.2) is 33.5 Å². The molecule has 2 saturated heterocycles. The third kappa shape index (κ3) is 4.31. The number of benzene rings is 2. The van der Waals surface area contributed by atoms with Gasteiger partial charge in [-0.15, -0.1) is 0 Å². The molecule has 3 aromatic rings. The summed E-state index contributed by atoms with van der Waals surface area (Å²) in [7, 11) is 3.30. The molecular weight excluding hydrogens is 424 g/mol. The van der Waals surface area contributed by atoms with Crippen molar-refractivity contribution in [2.75, 3.05) is 66.8 Å². The highest BCUT2D eigenvalue weighted by molar-refractivity contribution is 5.94. The molecule has 0 amide bonds. The van der Waals surface area contributed by atoms with Gasteiger partial charge in [0.25, 0.3) is 0 Å². The van der Waals surface area contributed by atoms with Crippen molar-refractivity contribution in [3.63, 3.8) is 0 Å². The van der Waals surface area contributed by atoms with E-state index in [1.165, 1.54) is 0 Å². The average Bonchev–Trinajstić information content (AvgIpc) is 2.86. The molecule has 2 fully saturated rings. The Bertz CT molecular complexity index is 1110. The number of hydrogen-bond acceptors (Lipinski definition) is 8. The Morgan fingerprint density at radius 1 is 0.727 bits per heavy atom. The van der Waals surface area contributed by atoms with Crippen LogP contribution in [0, 0.1) is 0 Å². The molecule has 176 valence electrons. The Kier molecular flexibility index (Phi) is 6.50. The van der Waals surface area contributed by atoms with Crippen LogP contribution in [0.5, 0.6) is 11.5 Å². The minimum Gasteiger partial charge on any atom is -0.496 e. The summed E-state index contributed by atoms with van der Waals surface area (Å²) in [6, 6.07) is 7.32. The highest BCUT2D eigenvalue weighted by atomic mass is 16.5. The number of methoxy groups -OCH3 is 2. The Hall–Kier alpha value is -2.65. The van der Waals surface area contributed by atoms with Crippen molar-refractivity contribution in [2.24, 2.45) is 0 Å². The van der Waals surface area contributed by atoms with E-state index >= 15 is 0 Å². The van der Waals surface area contributed by atoms with Crippen molar-refractivity contribution in [1.29, 1.82) is 0 Å². The van der Waals surface area contributed by atoms with E-state index in [0.29, 0.717) is 73.0 Å². The Balaban J connectivity index is 1.69. The fourth-order valence-electron chi connectivity index (χ4n) is 4.71. The molecule has 0 aliphatic carbocycles. The van der Waals surface area contributed by atoms with Gasteiger partial charge in [0.1, 0.15) is 22.7 Å². The number of fused-ring (bicyclic) bond motifs is 2. The summed E-state index contributed by atoms with van der Waals surface area (Å²) in [4.78, 5) is 18.2. The second-order valence-electron chi connectivity index (χ2n) is 8.45. The van der Waals surface area contributed by atoms with E-state index in [1.807, 2.05) is 12.1 Å². The maximum atomic E-state index is 13.6. The molecule has 5 rings (SSSR count). The smallest absolute Gasteiger partial charge is 0.200 e. The van der Waals surface area contributed by atoms with Crippen LogP contribution >= 0.6 is 0 Å². The van der Waals surface area contributed by atoms with Crippen molar-refractivity contribution < 1.29 is 23.4 Å². The lowest BCUT2D eigenvalue weighted by Gasteiger charge is -2.28. The maximum Gasteiger partial charge on any atom is 0.200 e. The highest BCUT2D eigenvalue weighted by Gasteiger charge is 2.23. The van der Waals surface area contributed by atoms with Gasteiger partial charge in [-0.3, -0.25) is 14.6 Å². The molecule has 0 spiro atoms. The average molecular weight is 455 g/mol. The maximum absolute atomic E-state index is 13.6. The molecule has 8 nitrogen and oxygen atoms in total. The van der Waals surface area contributed by atoms with Crippen LogP contribution in [0.25, 0.3) is 21.9 Å². The van der Waals surface area contributed by atoms with Crippen LogP contribution in [0.3, 0.4) is 0 Å². The zero-order valence-electron chi connectivity index (χ0n) is 19.2. The molecule has 0 atom stereocenters. The lowest BCUT2D eigenvalue weighted by molar-refractivity contribution is 0.0338. The fraction of sp³-hybridized carbons (Fsp3) is 0.480. The standard InChI is InChI=1S/C25H30N2O6/c1-29-21-5-3-17-23(28)18-4-6-22(30-2)20(16-27-9-13-32-14-10-27)25(18)33-24(17)19(21)15-26-7-11-31-12-8-26/h3-6H,7-16H2,1-2H3. The van der Waals surface area contributed by atoms with E-state index in [2.05, 4.69) is 9.80 Å². The molecule has 1 aromatic heterocycles. The van der Waals surface area contributed by atoms with Crippen molar-refractivity contribution in [1.82, 2.24) is 9.80 Å². The Morgan fingerprint density at radius 2 is 1.15 bits per heavy atom. The van der Waals surface area contributed by atoms with Crippen LogP contribution in [0.2, 0.25) is 0 Å². The van der Waals surface area contributed by atoms with Gasteiger partial charge < -0.3 is 23.4 Å². The molecule has 2 aliphatic heterocycles. The minimum absolute atomic E-state index is 0.0389. The second-order valence-corrected chi connectivity index (χ2v) is 8.45. The first-order valence-electron chi connectivity index (χ1n) is 11.4. The fourth-order valence-corrected chi connectivity index (χ4v) is 4.71. The van der Waals surface area contributed by atoms with Crippen molar-refractivity contribution >= 4 is 21.9 Å². The molecule has 0 radical (unpaired) electrons. The number of nitrogens with zero attached hydrogens (tertiary/aromatic N) is 2. The van der Waals surface area contributed by atoms with Crippen LogP contribution in [-0.4, -0.2) is 76.6 Å². The first-order chi connectivity index (χ1) is 16.2. The molecule has 33 heavy (non-hydrogen) atoms. The van der Waals surface area contributed by atoms with Crippen LogP contribution in [-0.2, 0) is 22.6 Å². The van der Waals surface area contributed by atoms with Crippen LogP contribution in [0.1, 0.15) is 11.1 Å². The summed E-state index contributed by atoms with van der Waals surface area (Å²) in [6.07, 6.45) is 0. The second kappa shape index (κ2) is 9.69. The minimum atomic E-state index is -0.0389. The van der Waals surface area contributed by atoms with Crippen molar-refractivity contribution in [3.05, 3.63) is 45.6 Å². The van der Waals surface area contributed by atoms with Crippen LogP contribution in [0.4, 0.5) is 0 Å². The molecule has 2 aliphatic rings. The summed E-state index contributed by atoms with van der Waals surface area (Å²) in [5, 5.41) is 1.13. The van der Waals surface area contributed by atoms with Crippen molar-refractivity contribution in [3.8, 4) is 11.5 Å². The summed E-state index contributed by atoms with van der Waals surface area (Å²) in [6.45, 7) is 7.34. The molecule has 8 heteroatoms. The molecule has 0 saturated carbocycles.